The smallest absolute Gasteiger partial charge is 0.151 e. The summed E-state index contributed by atoms with van der Waals surface area (Å²) in [6, 6.07) is 3.91. The van der Waals surface area contributed by atoms with Gasteiger partial charge in [0.25, 0.3) is 0 Å². The first-order valence-electron chi connectivity index (χ1n) is 4.85. The van der Waals surface area contributed by atoms with Gasteiger partial charge in [0.05, 0.1) is 5.69 Å². The Morgan fingerprint density at radius 3 is 2.93 bits per heavy atom. The van der Waals surface area contributed by atoms with Crippen molar-refractivity contribution < 1.29 is 0 Å². The summed E-state index contributed by atoms with van der Waals surface area (Å²) in [6.07, 6.45) is 2.60. The molecule has 1 fully saturated rings. The van der Waals surface area contributed by atoms with Gasteiger partial charge < -0.3 is 11.1 Å². The fourth-order valence-electron chi connectivity index (χ4n) is 1.49. The molecule has 0 bridgehead atoms. The van der Waals surface area contributed by atoms with E-state index in [9.17, 15) is 0 Å². The number of halogens is 1. The second-order valence-corrected chi connectivity index (χ2v) is 4.23. The monoisotopic (exact) mass is 211 g/mol. The third kappa shape index (κ3) is 2.10. The van der Waals surface area contributed by atoms with Crippen molar-refractivity contribution in [1.29, 1.82) is 0 Å². The molecule has 0 aromatic carbocycles. The standard InChI is InChI=1S/C10H14ClN3/c1-6(7-2-3-7)13-10-8(12)4-5-9(11)14-10/h4-7H,2-3,12H2,1H3,(H,13,14). The van der Waals surface area contributed by atoms with E-state index in [1.807, 2.05) is 0 Å². The van der Waals surface area contributed by atoms with Gasteiger partial charge in [-0.25, -0.2) is 4.98 Å². The molecular weight excluding hydrogens is 198 g/mol. The van der Waals surface area contributed by atoms with Gasteiger partial charge in [-0.15, -0.1) is 0 Å². The average molecular weight is 212 g/mol. The van der Waals surface area contributed by atoms with Gasteiger partial charge >= 0.3 is 0 Å². The predicted molar refractivity (Wildman–Crippen MR) is 59.5 cm³/mol. The quantitative estimate of drug-likeness (QED) is 0.756. The van der Waals surface area contributed by atoms with E-state index in [0.29, 0.717) is 22.7 Å². The van der Waals surface area contributed by atoms with Gasteiger partial charge in [0.2, 0.25) is 0 Å². The van der Waals surface area contributed by atoms with Crippen LogP contribution in [0.2, 0.25) is 5.15 Å². The number of pyridine rings is 1. The van der Waals surface area contributed by atoms with E-state index in [2.05, 4.69) is 17.2 Å². The molecule has 1 unspecified atom stereocenters. The first kappa shape index (κ1) is 9.59. The van der Waals surface area contributed by atoms with E-state index in [-0.39, 0.29) is 0 Å². The molecule has 1 atom stereocenters. The maximum Gasteiger partial charge on any atom is 0.151 e. The van der Waals surface area contributed by atoms with Crippen LogP contribution >= 0.6 is 11.6 Å². The highest BCUT2D eigenvalue weighted by molar-refractivity contribution is 6.29. The molecule has 3 N–H and O–H groups in total. The molecule has 1 aromatic heterocycles. The van der Waals surface area contributed by atoms with Crippen molar-refractivity contribution in [3.63, 3.8) is 0 Å². The maximum absolute atomic E-state index is 5.79. The number of nitrogen functional groups attached to an aromatic ring is 1. The number of aromatic nitrogens is 1. The summed E-state index contributed by atoms with van der Waals surface area (Å²) >= 11 is 5.79. The minimum Gasteiger partial charge on any atom is -0.396 e. The van der Waals surface area contributed by atoms with Crippen LogP contribution in [0.4, 0.5) is 11.5 Å². The number of nitrogens with zero attached hydrogens (tertiary/aromatic N) is 1. The molecule has 0 aliphatic heterocycles. The van der Waals surface area contributed by atoms with Crippen molar-refractivity contribution in [3.05, 3.63) is 17.3 Å². The largest absolute Gasteiger partial charge is 0.396 e. The number of anilines is 2. The molecule has 1 aliphatic carbocycles. The highest BCUT2D eigenvalue weighted by Crippen LogP contribution is 2.34. The fourth-order valence-corrected chi connectivity index (χ4v) is 1.64. The molecule has 4 heteroatoms. The molecule has 0 radical (unpaired) electrons. The van der Waals surface area contributed by atoms with Crippen molar-refractivity contribution in [1.82, 2.24) is 4.98 Å². The SMILES string of the molecule is CC(Nc1nc(Cl)ccc1N)C1CC1. The molecule has 0 saturated heterocycles. The maximum atomic E-state index is 5.79. The fraction of sp³-hybridized carbons (Fsp3) is 0.500. The third-order valence-corrected chi connectivity index (χ3v) is 2.80. The lowest BCUT2D eigenvalue weighted by Gasteiger charge is -2.14. The van der Waals surface area contributed by atoms with Crippen molar-refractivity contribution in [2.45, 2.75) is 25.8 Å². The highest BCUT2D eigenvalue weighted by atomic mass is 35.5. The molecule has 2 rings (SSSR count). The van der Waals surface area contributed by atoms with Crippen LogP contribution in [0.5, 0.6) is 0 Å². The van der Waals surface area contributed by atoms with Gasteiger partial charge in [-0.05, 0) is 37.8 Å². The molecular formula is C10H14ClN3. The van der Waals surface area contributed by atoms with Gasteiger partial charge in [0, 0.05) is 6.04 Å². The van der Waals surface area contributed by atoms with Crippen LogP contribution in [-0.4, -0.2) is 11.0 Å². The van der Waals surface area contributed by atoms with Crippen molar-refractivity contribution >= 4 is 23.1 Å². The lowest BCUT2D eigenvalue weighted by Crippen LogP contribution is -2.19. The van der Waals surface area contributed by atoms with Crippen molar-refractivity contribution in [2.24, 2.45) is 5.92 Å². The van der Waals surface area contributed by atoms with Crippen LogP contribution in [0.25, 0.3) is 0 Å². The minimum atomic E-state index is 0.434. The number of nitrogens with one attached hydrogen (secondary N) is 1. The summed E-state index contributed by atoms with van der Waals surface area (Å²) in [5.41, 5.74) is 6.43. The Morgan fingerprint density at radius 2 is 2.29 bits per heavy atom. The van der Waals surface area contributed by atoms with Gasteiger partial charge in [0.15, 0.2) is 5.82 Å². The molecule has 0 spiro atoms. The minimum absolute atomic E-state index is 0.434. The van der Waals surface area contributed by atoms with E-state index in [1.165, 1.54) is 12.8 Å². The first-order valence-corrected chi connectivity index (χ1v) is 5.23. The number of rotatable bonds is 3. The molecule has 1 saturated carbocycles. The Kier molecular flexibility index (Phi) is 2.50. The Hall–Kier alpha value is -0.960. The van der Waals surface area contributed by atoms with Crippen molar-refractivity contribution in [3.8, 4) is 0 Å². The molecule has 0 amide bonds. The summed E-state index contributed by atoms with van der Waals surface area (Å²) in [5.74, 6) is 1.48. The normalized spacial score (nSPS) is 17.9. The second-order valence-electron chi connectivity index (χ2n) is 3.84. The van der Waals surface area contributed by atoms with Crippen LogP contribution in [0.3, 0.4) is 0 Å². The zero-order valence-corrected chi connectivity index (χ0v) is 8.88. The zero-order chi connectivity index (χ0) is 10.1. The van der Waals surface area contributed by atoms with E-state index in [0.717, 1.165) is 5.92 Å². The van der Waals surface area contributed by atoms with E-state index >= 15 is 0 Å². The van der Waals surface area contributed by atoms with E-state index in [4.69, 9.17) is 17.3 Å². The molecule has 1 heterocycles. The molecule has 3 nitrogen and oxygen atoms in total. The molecule has 1 aromatic rings. The van der Waals surface area contributed by atoms with Gasteiger partial charge in [-0.3, -0.25) is 0 Å². The Labute approximate surface area is 88.7 Å². The number of hydrogen-bond donors (Lipinski definition) is 2. The van der Waals surface area contributed by atoms with Crippen molar-refractivity contribution in [2.75, 3.05) is 11.1 Å². The summed E-state index contributed by atoms with van der Waals surface area (Å²) in [7, 11) is 0. The number of nitrogens with two attached hydrogens (primary N) is 1. The van der Waals surface area contributed by atoms with Crippen LogP contribution < -0.4 is 11.1 Å². The lowest BCUT2D eigenvalue weighted by atomic mass is 10.2. The topological polar surface area (TPSA) is 50.9 Å². The van der Waals surface area contributed by atoms with Crippen LogP contribution in [0.15, 0.2) is 12.1 Å². The van der Waals surface area contributed by atoms with Crippen LogP contribution in [0.1, 0.15) is 19.8 Å². The van der Waals surface area contributed by atoms with Gasteiger partial charge in [-0.2, -0.15) is 0 Å². The van der Waals surface area contributed by atoms with Gasteiger partial charge in [0.1, 0.15) is 5.15 Å². The predicted octanol–water partition coefficient (Wildman–Crippen LogP) is 2.53. The average Bonchev–Trinajstić information content (AvgIpc) is 2.94. The van der Waals surface area contributed by atoms with Crippen LogP contribution in [0, 0.1) is 5.92 Å². The Balaban J connectivity index is 2.10. The first-order chi connectivity index (χ1) is 6.66. The molecule has 14 heavy (non-hydrogen) atoms. The Morgan fingerprint density at radius 1 is 1.57 bits per heavy atom. The molecule has 1 aliphatic rings. The lowest BCUT2D eigenvalue weighted by molar-refractivity contribution is 0.691. The summed E-state index contributed by atoms with van der Waals surface area (Å²) < 4.78 is 0. The summed E-state index contributed by atoms with van der Waals surface area (Å²) in [4.78, 5) is 4.15. The second kappa shape index (κ2) is 3.65. The molecule has 76 valence electrons. The van der Waals surface area contributed by atoms with E-state index in [1.54, 1.807) is 12.1 Å². The zero-order valence-electron chi connectivity index (χ0n) is 8.13. The summed E-state index contributed by atoms with van der Waals surface area (Å²) in [6.45, 7) is 2.15. The number of hydrogen-bond acceptors (Lipinski definition) is 3. The Bertz CT molecular complexity index is 336. The highest BCUT2D eigenvalue weighted by Gasteiger charge is 2.28. The summed E-state index contributed by atoms with van der Waals surface area (Å²) in [5, 5.41) is 3.77. The third-order valence-electron chi connectivity index (χ3n) is 2.59. The van der Waals surface area contributed by atoms with E-state index < -0.39 is 0 Å². The van der Waals surface area contributed by atoms with Gasteiger partial charge in [-0.1, -0.05) is 11.6 Å². The van der Waals surface area contributed by atoms with Crippen LogP contribution in [-0.2, 0) is 0 Å².